The Balaban J connectivity index is 1.15. The number of nitrogens with zero attached hydrogens (tertiary/aromatic N) is 1. The summed E-state index contributed by atoms with van der Waals surface area (Å²) in [4.78, 5) is 2.46. The number of fused-ring (bicyclic) bond motifs is 7. The fourth-order valence-corrected chi connectivity index (χ4v) is 10.9. The van der Waals surface area contributed by atoms with E-state index in [1.54, 1.807) is 0 Å². The topological polar surface area (TPSA) is 3.24 Å². The van der Waals surface area contributed by atoms with Crippen LogP contribution in [0.3, 0.4) is 0 Å². The van der Waals surface area contributed by atoms with Crippen molar-refractivity contribution in [2.45, 2.75) is 38.5 Å². The Labute approximate surface area is 384 Å². The SMILES string of the molecule is C=C/C=C(\C=C)c1ccc(N(c2ccc(-c3ccccc3)c(-c3ccc4c(c3)C(C)(C)c3ccccc3-4)c2)c2cccc3ccccc23)cc1-c1ccc2c(c1)C(C)(C)c1ccccc1-2. The van der Waals surface area contributed by atoms with Crippen LogP contribution in [-0.2, 0) is 10.8 Å². The Hall–Kier alpha value is -7.74. The predicted molar refractivity (Wildman–Crippen MR) is 278 cm³/mol. The fourth-order valence-electron chi connectivity index (χ4n) is 10.9. The molecule has 0 atom stereocenters. The summed E-state index contributed by atoms with van der Waals surface area (Å²) in [6, 6.07) is 72.1. The van der Waals surface area contributed by atoms with Crippen LogP contribution in [0.4, 0.5) is 17.1 Å². The van der Waals surface area contributed by atoms with Gasteiger partial charge in [0.15, 0.2) is 0 Å². The number of benzene rings is 9. The number of anilines is 3. The maximum atomic E-state index is 4.27. The zero-order valence-electron chi connectivity index (χ0n) is 37.6. The molecule has 0 spiro atoms. The summed E-state index contributed by atoms with van der Waals surface area (Å²) >= 11 is 0. The van der Waals surface area contributed by atoms with E-state index in [1.807, 2.05) is 12.2 Å². The third kappa shape index (κ3) is 6.45. The number of hydrogen-bond donors (Lipinski definition) is 0. The van der Waals surface area contributed by atoms with Gasteiger partial charge in [-0.2, -0.15) is 0 Å². The van der Waals surface area contributed by atoms with Crippen molar-refractivity contribution < 1.29 is 0 Å². The third-order valence-corrected chi connectivity index (χ3v) is 14.2. The largest absolute Gasteiger partial charge is 0.310 e. The average Bonchev–Trinajstić information content (AvgIpc) is 3.72. The van der Waals surface area contributed by atoms with E-state index < -0.39 is 0 Å². The van der Waals surface area contributed by atoms with E-state index in [1.165, 1.54) is 77.5 Å². The number of hydrogen-bond acceptors (Lipinski definition) is 1. The van der Waals surface area contributed by atoms with Gasteiger partial charge < -0.3 is 4.90 Å². The van der Waals surface area contributed by atoms with Crippen molar-refractivity contribution in [3.05, 3.63) is 253 Å². The molecule has 0 bridgehead atoms. The first-order valence-electron chi connectivity index (χ1n) is 22.7. The van der Waals surface area contributed by atoms with Crippen LogP contribution in [0.15, 0.2) is 226 Å². The van der Waals surface area contributed by atoms with Crippen molar-refractivity contribution >= 4 is 33.4 Å². The smallest absolute Gasteiger partial charge is 0.0540 e. The zero-order chi connectivity index (χ0) is 44.5. The molecule has 0 saturated heterocycles. The summed E-state index contributed by atoms with van der Waals surface area (Å²) in [6.07, 6.45) is 5.86. The van der Waals surface area contributed by atoms with Gasteiger partial charge in [0, 0.05) is 27.6 Å². The molecule has 0 radical (unpaired) electrons. The monoisotopic (exact) mass is 833 g/mol. The summed E-state index contributed by atoms with van der Waals surface area (Å²) in [5, 5.41) is 2.37. The van der Waals surface area contributed by atoms with Gasteiger partial charge >= 0.3 is 0 Å². The van der Waals surface area contributed by atoms with Gasteiger partial charge in [0.25, 0.3) is 0 Å². The Bertz CT molecular complexity index is 3410. The van der Waals surface area contributed by atoms with Gasteiger partial charge in [-0.3, -0.25) is 0 Å². The molecular formula is C64H51N. The molecule has 1 heteroatoms. The second-order valence-electron chi connectivity index (χ2n) is 18.6. The molecule has 0 heterocycles. The zero-order valence-corrected chi connectivity index (χ0v) is 37.6. The van der Waals surface area contributed by atoms with E-state index in [0.717, 1.165) is 39.3 Å². The van der Waals surface area contributed by atoms with Crippen LogP contribution < -0.4 is 4.90 Å². The quantitative estimate of drug-likeness (QED) is 0.131. The molecule has 0 aromatic heterocycles. The highest BCUT2D eigenvalue weighted by molar-refractivity contribution is 6.01. The minimum atomic E-state index is -0.140. The fraction of sp³-hybridized carbons (Fsp3) is 0.0938. The normalized spacial score (nSPS) is 14.0. The van der Waals surface area contributed by atoms with Crippen molar-refractivity contribution in [1.82, 2.24) is 0 Å². The molecule has 2 aliphatic rings. The molecule has 9 aromatic carbocycles. The van der Waals surface area contributed by atoms with Crippen molar-refractivity contribution in [3.63, 3.8) is 0 Å². The minimum Gasteiger partial charge on any atom is -0.310 e. The highest BCUT2D eigenvalue weighted by atomic mass is 15.1. The van der Waals surface area contributed by atoms with E-state index in [9.17, 15) is 0 Å². The minimum absolute atomic E-state index is 0.126. The van der Waals surface area contributed by atoms with Crippen LogP contribution >= 0.6 is 0 Å². The van der Waals surface area contributed by atoms with Crippen LogP contribution in [0.1, 0.15) is 55.5 Å². The molecule has 312 valence electrons. The lowest BCUT2D eigenvalue weighted by atomic mass is 9.81. The van der Waals surface area contributed by atoms with Gasteiger partial charge in [-0.05, 0) is 137 Å². The molecule has 11 rings (SSSR count). The van der Waals surface area contributed by atoms with Crippen LogP contribution in [0.25, 0.3) is 72.0 Å². The molecule has 2 aliphatic carbocycles. The molecule has 0 aliphatic heterocycles. The standard InChI is InChI=1S/C64H51N/c1-7-19-42(8-2)49-36-32-47(40-56(49)45-30-34-54-52-25-14-16-27-58(52)63(3,4)60(54)38-45)65(62-29-18-23-44-22-12-13-24-51(44)62)48-33-37-50(43-20-10-9-11-21-43)57(41-48)46-31-35-55-53-26-15-17-28-59(53)64(5,6)61(55)39-46/h7-41H,1-2H2,3-6H3/b42-19+. The van der Waals surface area contributed by atoms with Gasteiger partial charge in [-0.25, -0.2) is 0 Å². The molecular weight excluding hydrogens is 783 g/mol. The first-order valence-corrected chi connectivity index (χ1v) is 22.7. The maximum Gasteiger partial charge on any atom is 0.0540 e. The Morgan fingerprint density at radius 1 is 0.415 bits per heavy atom. The van der Waals surface area contributed by atoms with Crippen LogP contribution in [0, 0.1) is 0 Å². The van der Waals surface area contributed by atoms with Gasteiger partial charge in [-0.15, -0.1) is 0 Å². The summed E-state index contributed by atoms with van der Waals surface area (Å²) in [6.45, 7) is 17.8. The van der Waals surface area contributed by atoms with E-state index in [2.05, 4.69) is 246 Å². The van der Waals surface area contributed by atoms with Crippen molar-refractivity contribution in [1.29, 1.82) is 0 Å². The van der Waals surface area contributed by atoms with E-state index >= 15 is 0 Å². The second kappa shape index (κ2) is 15.5. The van der Waals surface area contributed by atoms with Gasteiger partial charge in [0.05, 0.1) is 5.69 Å². The molecule has 0 saturated carbocycles. The highest BCUT2D eigenvalue weighted by Gasteiger charge is 2.37. The lowest BCUT2D eigenvalue weighted by Gasteiger charge is -2.29. The molecule has 0 unspecified atom stereocenters. The molecule has 0 amide bonds. The molecule has 0 N–H and O–H groups in total. The maximum absolute atomic E-state index is 4.27. The second-order valence-corrected chi connectivity index (χ2v) is 18.6. The van der Waals surface area contributed by atoms with Crippen molar-refractivity contribution in [2.75, 3.05) is 4.90 Å². The summed E-state index contributed by atoms with van der Waals surface area (Å²) in [7, 11) is 0. The van der Waals surface area contributed by atoms with Crippen LogP contribution in [0.2, 0.25) is 0 Å². The first-order chi connectivity index (χ1) is 31.7. The molecule has 1 nitrogen and oxygen atoms in total. The third-order valence-electron chi connectivity index (χ3n) is 14.2. The number of allylic oxidation sites excluding steroid dienone is 4. The highest BCUT2D eigenvalue weighted by Crippen LogP contribution is 2.53. The van der Waals surface area contributed by atoms with E-state index in [4.69, 9.17) is 0 Å². The molecule has 9 aromatic rings. The average molecular weight is 834 g/mol. The predicted octanol–water partition coefficient (Wildman–Crippen LogP) is 17.7. The van der Waals surface area contributed by atoms with Crippen LogP contribution in [-0.4, -0.2) is 0 Å². The summed E-state index contributed by atoms with van der Waals surface area (Å²) in [5.41, 5.74) is 22.9. The molecule has 0 fully saturated rings. The lowest BCUT2D eigenvalue weighted by molar-refractivity contribution is 0.660. The van der Waals surface area contributed by atoms with E-state index in [0.29, 0.717) is 0 Å². The van der Waals surface area contributed by atoms with E-state index in [-0.39, 0.29) is 10.8 Å². The van der Waals surface area contributed by atoms with Gasteiger partial charge in [0.1, 0.15) is 0 Å². The Morgan fingerprint density at radius 3 is 1.58 bits per heavy atom. The van der Waals surface area contributed by atoms with Crippen molar-refractivity contribution in [3.8, 4) is 55.6 Å². The van der Waals surface area contributed by atoms with Gasteiger partial charge in [-0.1, -0.05) is 211 Å². The summed E-state index contributed by atoms with van der Waals surface area (Å²) in [5.74, 6) is 0. The van der Waals surface area contributed by atoms with Gasteiger partial charge in [0.2, 0.25) is 0 Å². The Kier molecular flexibility index (Phi) is 9.56. The lowest BCUT2D eigenvalue weighted by Crippen LogP contribution is -2.15. The summed E-state index contributed by atoms with van der Waals surface area (Å²) < 4.78 is 0. The van der Waals surface area contributed by atoms with Crippen molar-refractivity contribution in [2.24, 2.45) is 0 Å². The van der Waals surface area contributed by atoms with Crippen LogP contribution in [0.5, 0.6) is 0 Å². The first kappa shape index (κ1) is 40.1. The Morgan fingerprint density at radius 2 is 0.938 bits per heavy atom. The number of rotatable bonds is 9. The molecule has 65 heavy (non-hydrogen) atoms.